The number of aromatic amines is 1. The number of hydrogen-bond donors (Lipinski definition) is 1. The van der Waals surface area contributed by atoms with Crippen molar-refractivity contribution in [1.29, 1.82) is 0 Å². The normalized spacial score (nSPS) is 23.7. The molecule has 2 aliphatic rings. The van der Waals surface area contributed by atoms with E-state index in [9.17, 15) is 0 Å². The fourth-order valence-electron chi connectivity index (χ4n) is 5.10. The van der Waals surface area contributed by atoms with E-state index in [1.807, 2.05) is 6.20 Å². The van der Waals surface area contributed by atoms with Gasteiger partial charge in [-0.2, -0.15) is 9.97 Å². The van der Waals surface area contributed by atoms with Crippen molar-refractivity contribution in [3.05, 3.63) is 42.6 Å². The fraction of sp³-hybridized carbons (Fsp3) is 0.423. The Hall–Kier alpha value is -3.23. The Labute approximate surface area is 198 Å². The minimum absolute atomic E-state index is 0.126. The molecule has 1 N–H and O–H groups in total. The van der Waals surface area contributed by atoms with Gasteiger partial charge in [-0.3, -0.25) is 0 Å². The number of benzene rings is 1. The predicted molar refractivity (Wildman–Crippen MR) is 134 cm³/mol. The van der Waals surface area contributed by atoms with E-state index in [0.29, 0.717) is 19.2 Å². The second-order valence-corrected chi connectivity index (χ2v) is 9.47. The standard InChI is InChI=1S/C26H30N6O2/c1-16-15-33-11-10-32(16)25-21-5-7-23(19-4-6-22-20(12-19)8-9-27-22)28-24(21)29-26(30-25)31-13-17(2)34-18(3)14-31/h4-9,12,16-18,27H,10-11,13-15H2,1-3H3/t16-,17-,18+/m0/s1. The van der Waals surface area contributed by atoms with Crippen molar-refractivity contribution in [2.45, 2.75) is 39.0 Å². The van der Waals surface area contributed by atoms with Gasteiger partial charge in [0.25, 0.3) is 0 Å². The number of rotatable bonds is 3. The Bertz CT molecular complexity index is 1330. The zero-order chi connectivity index (χ0) is 23.2. The summed E-state index contributed by atoms with van der Waals surface area (Å²) < 4.78 is 11.6. The van der Waals surface area contributed by atoms with Crippen LogP contribution in [0.1, 0.15) is 20.8 Å². The second-order valence-electron chi connectivity index (χ2n) is 9.47. The third-order valence-electron chi connectivity index (χ3n) is 6.72. The Kier molecular flexibility index (Phi) is 5.34. The number of ether oxygens (including phenoxy) is 2. The maximum absolute atomic E-state index is 5.95. The van der Waals surface area contributed by atoms with Gasteiger partial charge < -0.3 is 24.3 Å². The van der Waals surface area contributed by atoms with E-state index in [2.05, 4.69) is 72.0 Å². The predicted octanol–water partition coefficient (Wildman–Crippen LogP) is 4.01. The summed E-state index contributed by atoms with van der Waals surface area (Å²) in [6.45, 7) is 10.1. The number of fused-ring (bicyclic) bond motifs is 2. The van der Waals surface area contributed by atoms with E-state index in [0.717, 1.165) is 53.3 Å². The van der Waals surface area contributed by atoms with Crippen molar-refractivity contribution in [3.8, 4) is 11.3 Å². The molecular formula is C26H30N6O2. The molecule has 0 spiro atoms. The molecule has 0 bridgehead atoms. The van der Waals surface area contributed by atoms with Gasteiger partial charge in [-0.05, 0) is 51.1 Å². The van der Waals surface area contributed by atoms with Gasteiger partial charge in [-0.1, -0.05) is 6.07 Å². The Balaban J connectivity index is 1.48. The van der Waals surface area contributed by atoms with Crippen LogP contribution in [0.15, 0.2) is 42.6 Å². The summed E-state index contributed by atoms with van der Waals surface area (Å²) >= 11 is 0. The van der Waals surface area contributed by atoms with Crippen LogP contribution in [0.25, 0.3) is 33.2 Å². The first kappa shape index (κ1) is 21.3. The average Bonchev–Trinajstić information content (AvgIpc) is 3.31. The lowest BCUT2D eigenvalue weighted by Crippen LogP contribution is -2.47. The number of pyridine rings is 1. The third-order valence-corrected chi connectivity index (χ3v) is 6.72. The number of aromatic nitrogens is 4. The summed E-state index contributed by atoms with van der Waals surface area (Å²) in [4.78, 5) is 22.9. The van der Waals surface area contributed by atoms with Gasteiger partial charge in [0.05, 0.1) is 42.5 Å². The molecular weight excluding hydrogens is 428 g/mol. The van der Waals surface area contributed by atoms with Crippen LogP contribution in [0.5, 0.6) is 0 Å². The van der Waals surface area contributed by atoms with Crippen LogP contribution < -0.4 is 9.80 Å². The molecule has 5 heterocycles. The summed E-state index contributed by atoms with van der Waals surface area (Å²) in [5.41, 5.74) is 3.82. The number of nitrogens with zero attached hydrogens (tertiary/aromatic N) is 5. The largest absolute Gasteiger partial charge is 0.377 e. The smallest absolute Gasteiger partial charge is 0.229 e. The van der Waals surface area contributed by atoms with Crippen molar-refractivity contribution in [1.82, 2.24) is 19.9 Å². The van der Waals surface area contributed by atoms with E-state index in [-0.39, 0.29) is 18.2 Å². The molecule has 2 saturated heterocycles. The third kappa shape index (κ3) is 3.86. The topological polar surface area (TPSA) is 79.4 Å². The summed E-state index contributed by atoms with van der Waals surface area (Å²) in [5, 5.41) is 2.14. The molecule has 0 amide bonds. The number of H-pyrrole nitrogens is 1. The van der Waals surface area contributed by atoms with E-state index >= 15 is 0 Å². The zero-order valence-corrected chi connectivity index (χ0v) is 19.9. The first-order chi connectivity index (χ1) is 16.5. The van der Waals surface area contributed by atoms with Crippen LogP contribution in [0.4, 0.5) is 11.8 Å². The van der Waals surface area contributed by atoms with Crippen molar-refractivity contribution < 1.29 is 9.47 Å². The van der Waals surface area contributed by atoms with Crippen molar-refractivity contribution >= 4 is 33.7 Å². The molecule has 0 aliphatic carbocycles. The maximum atomic E-state index is 5.95. The van der Waals surface area contributed by atoms with Crippen LogP contribution in [0, 0.1) is 0 Å². The summed E-state index contributed by atoms with van der Waals surface area (Å²) in [7, 11) is 0. The number of anilines is 2. The molecule has 8 nitrogen and oxygen atoms in total. The minimum atomic E-state index is 0.126. The van der Waals surface area contributed by atoms with Gasteiger partial charge in [0.1, 0.15) is 5.82 Å². The molecule has 0 radical (unpaired) electrons. The minimum Gasteiger partial charge on any atom is -0.377 e. The molecule has 6 rings (SSSR count). The second kappa shape index (κ2) is 8.52. The quantitative estimate of drug-likeness (QED) is 0.497. The monoisotopic (exact) mass is 458 g/mol. The number of nitrogens with one attached hydrogen (secondary N) is 1. The highest BCUT2D eigenvalue weighted by molar-refractivity contribution is 5.91. The zero-order valence-electron chi connectivity index (χ0n) is 19.9. The summed E-state index contributed by atoms with van der Waals surface area (Å²) in [5.74, 6) is 1.65. The van der Waals surface area contributed by atoms with Crippen LogP contribution in [0.2, 0.25) is 0 Å². The van der Waals surface area contributed by atoms with Crippen molar-refractivity contribution in [3.63, 3.8) is 0 Å². The highest BCUT2D eigenvalue weighted by Gasteiger charge is 2.28. The molecule has 176 valence electrons. The molecule has 1 aromatic carbocycles. The first-order valence-corrected chi connectivity index (χ1v) is 12.1. The van der Waals surface area contributed by atoms with Gasteiger partial charge in [0, 0.05) is 42.3 Å². The Morgan fingerprint density at radius 1 is 0.971 bits per heavy atom. The summed E-state index contributed by atoms with van der Waals surface area (Å²) in [6, 6.07) is 12.9. The van der Waals surface area contributed by atoms with Gasteiger partial charge >= 0.3 is 0 Å². The van der Waals surface area contributed by atoms with Crippen LogP contribution in [-0.4, -0.2) is 71.0 Å². The molecule has 2 fully saturated rings. The van der Waals surface area contributed by atoms with Crippen LogP contribution >= 0.6 is 0 Å². The molecule has 0 unspecified atom stereocenters. The molecule has 2 aliphatic heterocycles. The van der Waals surface area contributed by atoms with Crippen molar-refractivity contribution in [2.75, 3.05) is 42.6 Å². The van der Waals surface area contributed by atoms with E-state index in [1.54, 1.807) is 0 Å². The number of hydrogen-bond acceptors (Lipinski definition) is 7. The van der Waals surface area contributed by atoms with Gasteiger partial charge in [0.15, 0.2) is 5.65 Å². The van der Waals surface area contributed by atoms with Crippen LogP contribution in [-0.2, 0) is 9.47 Å². The number of morpholine rings is 2. The van der Waals surface area contributed by atoms with Crippen molar-refractivity contribution in [2.24, 2.45) is 0 Å². The molecule has 4 aromatic rings. The van der Waals surface area contributed by atoms with E-state index < -0.39 is 0 Å². The van der Waals surface area contributed by atoms with Crippen LogP contribution in [0.3, 0.4) is 0 Å². The molecule has 34 heavy (non-hydrogen) atoms. The lowest BCUT2D eigenvalue weighted by molar-refractivity contribution is -0.00570. The lowest BCUT2D eigenvalue weighted by Gasteiger charge is -2.37. The molecule has 0 saturated carbocycles. The Morgan fingerprint density at radius 3 is 2.65 bits per heavy atom. The lowest BCUT2D eigenvalue weighted by atomic mass is 10.1. The van der Waals surface area contributed by atoms with Gasteiger partial charge in [-0.25, -0.2) is 4.98 Å². The van der Waals surface area contributed by atoms with Gasteiger partial charge in [-0.15, -0.1) is 0 Å². The Morgan fingerprint density at radius 2 is 1.82 bits per heavy atom. The highest BCUT2D eigenvalue weighted by Crippen LogP contribution is 2.31. The van der Waals surface area contributed by atoms with Gasteiger partial charge in [0.2, 0.25) is 5.95 Å². The maximum Gasteiger partial charge on any atom is 0.229 e. The highest BCUT2D eigenvalue weighted by atomic mass is 16.5. The van der Waals surface area contributed by atoms with E-state index in [1.165, 1.54) is 5.39 Å². The molecule has 8 heteroatoms. The molecule has 3 aromatic heterocycles. The molecule has 3 atom stereocenters. The van der Waals surface area contributed by atoms with E-state index in [4.69, 9.17) is 24.4 Å². The first-order valence-electron chi connectivity index (χ1n) is 12.1. The average molecular weight is 459 g/mol. The summed E-state index contributed by atoms with van der Waals surface area (Å²) in [6.07, 6.45) is 2.21. The SMILES string of the molecule is C[C@@H]1CN(c2nc(N3CCOC[C@@H]3C)c3ccc(-c4ccc5[nH]ccc5c4)nc3n2)C[C@H](C)O1. The fourth-order valence-corrected chi connectivity index (χ4v) is 5.10.